The van der Waals surface area contributed by atoms with Crippen molar-refractivity contribution in [2.45, 2.75) is 40.2 Å². The van der Waals surface area contributed by atoms with Crippen LogP contribution in [0, 0.1) is 10.8 Å². The van der Waals surface area contributed by atoms with Crippen LogP contribution in [0.5, 0.6) is 0 Å². The molecule has 0 aromatic rings. The van der Waals surface area contributed by atoms with Crippen molar-refractivity contribution >= 4 is 0 Å². The number of fused-ring (bicyclic) bond motifs is 2. The van der Waals surface area contributed by atoms with E-state index in [0.29, 0.717) is 11.5 Å². The van der Waals surface area contributed by atoms with Gasteiger partial charge in [0.05, 0.1) is 5.76 Å². The third-order valence-electron chi connectivity index (χ3n) is 2.82. The second-order valence-electron chi connectivity index (χ2n) is 5.10. The minimum absolute atomic E-state index is 0.261. The van der Waals surface area contributed by atoms with Gasteiger partial charge in [-0.25, -0.2) is 0 Å². The molecule has 1 atom stereocenters. The molecule has 0 radical (unpaired) electrons. The van der Waals surface area contributed by atoms with E-state index in [1.54, 1.807) is 0 Å². The van der Waals surface area contributed by atoms with Crippen LogP contribution in [0.2, 0.25) is 0 Å². The summed E-state index contributed by atoms with van der Waals surface area (Å²) in [6.45, 7) is 9.09. The molecule has 0 aromatic heterocycles. The number of ether oxygens (including phenoxy) is 1. The number of allylic oxidation sites excluding steroid dienone is 1. The monoisotopic (exact) mass is 152 g/mol. The Morgan fingerprint density at radius 2 is 2.00 bits per heavy atom. The molecule has 0 amide bonds. The molecule has 2 aliphatic heterocycles. The molecule has 0 spiro atoms. The number of hydrogen-bond acceptors (Lipinski definition) is 1. The molecule has 1 unspecified atom stereocenters. The van der Waals surface area contributed by atoms with Gasteiger partial charge in [-0.3, -0.25) is 0 Å². The highest BCUT2D eigenvalue weighted by Gasteiger charge is 2.52. The lowest BCUT2D eigenvalue weighted by molar-refractivity contribution is 0.0397. The van der Waals surface area contributed by atoms with Crippen LogP contribution in [0.15, 0.2) is 11.8 Å². The highest BCUT2D eigenvalue weighted by Crippen LogP contribution is 2.54. The molecular weight excluding hydrogens is 136 g/mol. The first kappa shape index (κ1) is 7.20. The van der Waals surface area contributed by atoms with Crippen LogP contribution in [0.1, 0.15) is 34.1 Å². The van der Waals surface area contributed by atoms with E-state index in [1.165, 1.54) is 5.76 Å². The molecule has 1 fully saturated rings. The Morgan fingerprint density at radius 1 is 1.36 bits per heavy atom. The van der Waals surface area contributed by atoms with Gasteiger partial charge in [-0.05, 0) is 6.08 Å². The summed E-state index contributed by atoms with van der Waals surface area (Å²) >= 11 is 0. The van der Waals surface area contributed by atoms with Gasteiger partial charge >= 0.3 is 0 Å². The molecule has 0 aromatic carbocycles. The maximum absolute atomic E-state index is 5.76. The molecule has 0 aliphatic carbocycles. The van der Waals surface area contributed by atoms with Crippen LogP contribution in [-0.2, 0) is 4.74 Å². The molecule has 11 heavy (non-hydrogen) atoms. The summed E-state index contributed by atoms with van der Waals surface area (Å²) in [7, 11) is 0. The van der Waals surface area contributed by atoms with Gasteiger partial charge in [-0.1, -0.05) is 27.7 Å². The van der Waals surface area contributed by atoms with E-state index in [9.17, 15) is 0 Å². The summed E-state index contributed by atoms with van der Waals surface area (Å²) in [6.07, 6.45) is 3.81. The van der Waals surface area contributed by atoms with Crippen molar-refractivity contribution in [1.82, 2.24) is 0 Å². The third-order valence-corrected chi connectivity index (χ3v) is 2.82. The van der Waals surface area contributed by atoms with Crippen LogP contribution in [0.25, 0.3) is 0 Å². The van der Waals surface area contributed by atoms with E-state index in [0.717, 1.165) is 6.42 Å². The zero-order chi connectivity index (χ0) is 8.28. The fourth-order valence-electron chi connectivity index (χ4n) is 2.63. The van der Waals surface area contributed by atoms with Crippen molar-refractivity contribution in [2.75, 3.05) is 0 Å². The van der Waals surface area contributed by atoms with Gasteiger partial charge in [0.2, 0.25) is 0 Å². The average Bonchev–Trinajstić information content (AvgIpc) is 2.14. The largest absolute Gasteiger partial charge is 0.494 e. The van der Waals surface area contributed by atoms with Gasteiger partial charge in [0.25, 0.3) is 0 Å². The maximum Gasteiger partial charge on any atom is 0.112 e. The molecule has 2 bridgehead atoms. The van der Waals surface area contributed by atoms with Crippen molar-refractivity contribution in [1.29, 1.82) is 0 Å². The molecule has 2 heterocycles. The summed E-state index contributed by atoms with van der Waals surface area (Å²) in [4.78, 5) is 0. The molecule has 0 saturated carbocycles. The number of hydrogen-bond donors (Lipinski definition) is 0. The summed E-state index contributed by atoms with van der Waals surface area (Å²) < 4.78 is 5.76. The fraction of sp³-hybridized carbons (Fsp3) is 0.800. The van der Waals surface area contributed by atoms with Crippen molar-refractivity contribution in [3.8, 4) is 0 Å². The molecule has 1 saturated heterocycles. The van der Waals surface area contributed by atoms with Crippen LogP contribution >= 0.6 is 0 Å². The molecule has 2 aliphatic rings. The van der Waals surface area contributed by atoms with Crippen LogP contribution in [0.4, 0.5) is 0 Å². The van der Waals surface area contributed by atoms with Crippen molar-refractivity contribution in [2.24, 2.45) is 10.8 Å². The lowest BCUT2D eigenvalue weighted by atomic mass is 9.69. The predicted octanol–water partition coefficient (Wildman–Crippen LogP) is 2.73. The standard InChI is InChI=1S/C10H16O/c1-9(2)5-7-6-10(3,4)8(9)11-7/h5,8H,6H2,1-4H3. The summed E-state index contributed by atoms with van der Waals surface area (Å²) in [5.41, 5.74) is 0.616. The van der Waals surface area contributed by atoms with Crippen LogP contribution in [-0.4, -0.2) is 6.10 Å². The zero-order valence-corrected chi connectivity index (χ0v) is 7.77. The zero-order valence-electron chi connectivity index (χ0n) is 7.77. The summed E-state index contributed by atoms with van der Waals surface area (Å²) in [5, 5.41) is 0. The van der Waals surface area contributed by atoms with Gasteiger partial charge in [0.15, 0.2) is 0 Å². The lowest BCUT2D eigenvalue weighted by Gasteiger charge is -2.34. The molecule has 62 valence electrons. The Kier molecular flexibility index (Phi) is 1.08. The Labute approximate surface area is 68.4 Å². The Hall–Kier alpha value is -0.460. The second kappa shape index (κ2) is 1.65. The molecule has 1 heteroatoms. The van der Waals surface area contributed by atoms with Gasteiger partial charge in [0, 0.05) is 17.3 Å². The average molecular weight is 152 g/mol. The number of rotatable bonds is 0. The van der Waals surface area contributed by atoms with Gasteiger partial charge in [-0.2, -0.15) is 0 Å². The van der Waals surface area contributed by atoms with Gasteiger partial charge < -0.3 is 4.74 Å². The minimum atomic E-state index is 0.261. The molecule has 1 nitrogen and oxygen atoms in total. The van der Waals surface area contributed by atoms with Crippen molar-refractivity contribution in [3.05, 3.63) is 11.8 Å². The van der Waals surface area contributed by atoms with Crippen molar-refractivity contribution < 1.29 is 4.74 Å². The fourth-order valence-corrected chi connectivity index (χ4v) is 2.63. The maximum atomic E-state index is 5.76. The first-order valence-electron chi connectivity index (χ1n) is 4.30. The minimum Gasteiger partial charge on any atom is -0.494 e. The SMILES string of the molecule is CC1(C)C=C2CC(C)(C)C1O2. The van der Waals surface area contributed by atoms with Crippen LogP contribution in [0.3, 0.4) is 0 Å². The highest BCUT2D eigenvalue weighted by atomic mass is 16.5. The summed E-state index contributed by atoms with van der Waals surface area (Å²) in [6, 6.07) is 0. The van der Waals surface area contributed by atoms with E-state index in [1.807, 2.05) is 0 Å². The van der Waals surface area contributed by atoms with Gasteiger partial charge in [0.1, 0.15) is 6.10 Å². The third kappa shape index (κ3) is 0.831. The lowest BCUT2D eigenvalue weighted by Crippen LogP contribution is -2.36. The highest BCUT2D eigenvalue weighted by molar-refractivity contribution is 5.22. The Bertz CT molecular complexity index is 223. The van der Waals surface area contributed by atoms with Crippen LogP contribution < -0.4 is 0 Å². The normalized spacial score (nSPS) is 36.7. The van der Waals surface area contributed by atoms with E-state index in [2.05, 4.69) is 33.8 Å². The summed E-state index contributed by atoms with van der Waals surface area (Å²) in [5.74, 6) is 1.21. The predicted molar refractivity (Wildman–Crippen MR) is 45.1 cm³/mol. The molecule has 2 rings (SSSR count). The van der Waals surface area contributed by atoms with E-state index < -0.39 is 0 Å². The molecular formula is C10H16O. The van der Waals surface area contributed by atoms with Crippen molar-refractivity contribution in [3.63, 3.8) is 0 Å². The molecule has 0 N–H and O–H groups in total. The quantitative estimate of drug-likeness (QED) is 0.518. The smallest absolute Gasteiger partial charge is 0.112 e. The Balaban J connectivity index is 2.40. The topological polar surface area (TPSA) is 9.23 Å². The van der Waals surface area contributed by atoms with E-state index >= 15 is 0 Å². The first-order valence-corrected chi connectivity index (χ1v) is 4.30. The van der Waals surface area contributed by atoms with E-state index in [4.69, 9.17) is 4.74 Å². The van der Waals surface area contributed by atoms with Gasteiger partial charge in [-0.15, -0.1) is 0 Å². The van der Waals surface area contributed by atoms with E-state index in [-0.39, 0.29) is 5.41 Å². The Morgan fingerprint density at radius 3 is 2.27 bits per heavy atom. The second-order valence-corrected chi connectivity index (χ2v) is 5.10. The first-order chi connectivity index (χ1) is 4.92.